The molecule has 2 aromatic rings. The standard InChI is InChI=1S/C14H19N3O2S2/c1-3-10(4-2)17(11-8-9-11)21(18,19)13-7-5-6-12-14(13)16-20-15-12/h5-7,10-11H,3-4,8-9H2,1-2H3. The third-order valence-corrected chi connectivity index (χ3v) is 6.59. The van der Waals surface area contributed by atoms with Crippen molar-refractivity contribution in [2.45, 2.75) is 56.5 Å². The van der Waals surface area contributed by atoms with Gasteiger partial charge >= 0.3 is 0 Å². The van der Waals surface area contributed by atoms with Gasteiger partial charge < -0.3 is 0 Å². The van der Waals surface area contributed by atoms with Crippen LogP contribution in [0.3, 0.4) is 0 Å². The van der Waals surface area contributed by atoms with Crippen molar-refractivity contribution >= 4 is 32.8 Å². The third kappa shape index (κ3) is 2.58. The van der Waals surface area contributed by atoms with Crippen LogP contribution >= 0.6 is 11.7 Å². The van der Waals surface area contributed by atoms with E-state index >= 15 is 0 Å². The summed E-state index contributed by atoms with van der Waals surface area (Å²) < 4.78 is 36.3. The van der Waals surface area contributed by atoms with Crippen molar-refractivity contribution in [1.82, 2.24) is 13.1 Å². The number of hydrogen-bond acceptors (Lipinski definition) is 5. The van der Waals surface area contributed by atoms with Gasteiger partial charge in [-0.1, -0.05) is 19.9 Å². The smallest absolute Gasteiger partial charge is 0.207 e. The monoisotopic (exact) mass is 325 g/mol. The molecule has 1 aliphatic rings. The fraction of sp³-hybridized carbons (Fsp3) is 0.571. The summed E-state index contributed by atoms with van der Waals surface area (Å²) in [5.41, 5.74) is 1.15. The van der Waals surface area contributed by atoms with E-state index in [-0.39, 0.29) is 12.1 Å². The Hall–Kier alpha value is -1.05. The molecule has 3 rings (SSSR count). The summed E-state index contributed by atoms with van der Waals surface area (Å²) in [5.74, 6) is 0. The molecule has 0 spiro atoms. The van der Waals surface area contributed by atoms with Crippen LogP contribution in [0, 0.1) is 0 Å². The summed E-state index contributed by atoms with van der Waals surface area (Å²) in [6.07, 6.45) is 3.58. The lowest BCUT2D eigenvalue weighted by atomic mass is 10.2. The lowest BCUT2D eigenvalue weighted by Gasteiger charge is -2.29. The molecule has 1 aliphatic carbocycles. The summed E-state index contributed by atoms with van der Waals surface area (Å²) in [4.78, 5) is 0.299. The van der Waals surface area contributed by atoms with Crippen LogP contribution in [0.1, 0.15) is 39.5 Å². The zero-order chi connectivity index (χ0) is 15.0. The molecule has 1 aromatic heterocycles. The Bertz CT molecular complexity index is 734. The van der Waals surface area contributed by atoms with Gasteiger partial charge in [0.1, 0.15) is 15.9 Å². The predicted octanol–water partition coefficient (Wildman–Crippen LogP) is 3.03. The Balaban J connectivity index is 2.11. The van der Waals surface area contributed by atoms with Crippen molar-refractivity contribution in [3.63, 3.8) is 0 Å². The van der Waals surface area contributed by atoms with Gasteiger partial charge in [0.15, 0.2) is 0 Å². The Morgan fingerprint density at radius 2 is 2.00 bits per heavy atom. The molecule has 21 heavy (non-hydrogen) atoms. The first kappa shape index (κ1) is 14.9. The molecule has 0 radical (unpaired) electrons. The normalized spacial score (nSPS) is 16.2. The summed E-state index contributed by atoms with van der Waals surface area (Å²) in [6, 6.07) is 5.41. The van der Waals surface area contributed by atoms with Gasteiger partial charge in [-0.2, -0.15) is 13.1 Å². The molecular weight excluding hydrogens is 306 g/mol. The molecule has 0 atom stereocenters. The summed E-state index contributed by atoms with van der Waals surface area (Å²) in [5, 5.41) is 0. The van der Waals surface area contributed by atoms with Crippen LogP contribution in [0.15, 0.2) is 23.1 Å². The van der Waals surface area contributed by atoms with E-state index in [0.29, 0.717) is 15.9 Å². The van der Waals surface area contributed by atoms with Crippen molar-refractivity contribution in [2.24, 2.45) is 0 Å². The summed E-state index contributed by atoms with van der Waals surface area (Å²) in [7, 11) is -3.52. The van der Waals surface area contributed by atoms with E-state index < -0.39 is 10.0 Å². The average molecular weight is 325 g/mol. The largest absolute Gasteiger partial charge is 0.245 e. The molecule has 0 amide bonds. The molecule has 1 fully saturated rings. The highest BCUT2D eigenvalue weighted by Crippen LogP contribution is 2.37. The molecule has 1 aromatic carbocycles. The van der Waals surface area contributed by atoms with Crippen LogP contribution in [-0.4, -0.2) is 33.6 Å². The average Bonchev–Trinajstić information content (AvgIpc) is 3.18. The van der Waals surface area contributed by atoms with Crippen LogP contribution in [0.2, 0.25) is 0 Å². The van der Waals surface area contributed by atoms with Crippen molar-refractivity contribution in [3.05, 3.63) is 18.2 Å². The van der Waals surface area contributed by atoms with Gasteiger partial charge in [-0.15, -0.1) is 0 Å². The lowest BCUT2D eigenvalue weighted by Crippen LogP contribution is -2.41. The van der Waals surface area contributed by atoms with Gasteiger partial charge in [-0.3, -0.25) is 0 Å². The molecule has 1 heterocycles. The van der Waals surface area contributed by atoms with Gasteiger partial charge in [0.05, 0.1) is 11.7 Å². The highest BCUT2D eigenvalue weighted by atomic mass is 32.2. The second kappa shape index (κ2) is 5.62. The Kier molecular flexibility index (Phi) is 3.98. The van der Waals surface area contributed by atoms with E-state index in [1.54, 1.807) is 22.5 Å². The minimum Gasteiger partial charge on any atom is -0.207 e. The van der Waals surface area contributed by atoms with Crippen LogP contribution in [0.25, 0.3) is 11.0 Å². The highest BCUT2D eigenvalue weighted by Gasteiger charge is 2.42. The molecular formula is C14H19N3O2S2. The maximum Gasteiger partial charge on any atom is 0.245 e. The van der Waals surface area contributed by atoms with Crippen molar-refractivity contribution < 1.29 is 8.42 Å². The molecule has 0 aliphatic heterocycles. The minimum atomic E-state index is -3.52. The maximum absolute atomic E-state index is 13.1. The quantitative estimate of drug-likeness (QED) is 0.819. The zero-order valence-corrected chi connectivity index (χ0v) is 13.8. The number of hydrogen-bond donors (Lipinski definition) is 0. The zero-order valence-electron chi connectivity index (χ0n) is 12.2. The number of benzene rings is 1. The van der Waals surface area contributed by atoms with Gasteiger partial charge in [0.25, 0.3) is 0 Å². The van der Waals surface area contributed by atoms with Gasteiger partial charge in [-0.25, -0.2) is 8.42 Å². The first-order chi connectivity index (χ1) is 10.1. The molecule has 0 N–H and O–H groups in total. The maximum atomic E-state index is 13.1. The molecule has 0 saturated heterocycles. The SMILES string of the molecule is CCC(CC)N(C1CC1)S(=O)(=O)c1cccc2nsnc12. The third-order valence-electron chi connectivity index (χ3n) is 4.01. The molecule has 0 bridgehead atoms. The topological polar surface area (TPSA) is 63.2 Å². The second-order valence-electron chi connectivity index (χ2n) is 5.42. The first-order valence-electron chi connectivity index (χ1n) is 7.34. The van der Waals surface area contributed by atoms with E-state index in [2.05, 4.69) is 8.75 Å². The van der Waals surface area contributed by atoms with Crippen molar-refractivity contribution in [3.8, 4) is 0 Å². The van der Waals surface area contributed by atoms with E-state index in [9.17, 15) is 8.42 Å². The van der Waals surface area contributed by atoms with E-state index in [1.165, 1.54) is 0 Å². The number of aromatic nitrogens is 2. The summed E-state index contributed by atoms with van der Waals surface area (Å²) >= 11 is 1.06. The molecule has 5 nitrogen and oxygen atoms in total. The number of sulfonamides is 1. The minimum absolute atomic E-state index is 0.0596. The molecule has 1 saturated carbocycles. The van der Waals surface area contributed by atoms with E-state index in [0.717, 1.165) is 37.4 Å². The van der Waals surface area contributed by atoms with Crippen LogP contribution < -0.4 is 0 Å². The molecule has 114 valence electrons. The fourth-order valence-electron chi connectivity index (χ4n) is 2.77. The van der Waals surface area contributed by atoms with Gasteiger partial charge in [0.2, 0.25) is 10.0 Å². The second-order valence-corrected chi connectivity index (χ2v) is 7.76. The van der Waals surface area contributed by atoms with E-state index in [1.807, 2.05) is 13.8 Å². The summed E-state index contributed by atoms with van der Waals surface area (Å²) in [6.45, 7) is 4.09. The number of fused-ring (bicyclic) bond motifs is 1. The van der Waals surface area contributed by atoms with Crippen molar-refractivity contribution in [1.29, 1.82) is 0 Å². The van der Waals surface area contributed by atoms with Crippen LogP contribution in [0.4, 0.5) is 0 Å². The Morgan fingerprint density at radius 3 is 2.62 bits per heavy atom. The Labute approximate surface area is 129 Å². The molecule has 0 unspecified atom stereocenters. The number of nitrogens with zero attached hydrogens (tertiary/aromatic N) is 3. The first-order valence-corrected chi connectivity index (χ1v) is 9.51. The number of rotatable bonds is 6. The van der Waals surface area contributed by atoms with Gasteiger partial charge in [0, 0.05) is 12.1 Å². The Morgan fingerprint density at radius 1 is 1.29 bits per heavy atom. The lowest BCUT2D eigenvalue weighted by molar-refractivity contribution is 0.296. The van der Waals surface area contributed by atoms with Crippen LogP contribution in [0.5, 0.6) is 0 Å². The highest BCUT2D eigenvalue weighted by molar-refractivity contribution is 7.89. The predicted molar refractivity (Wildman–Crippen MR) is 83.8 cm³/mol. The van der Waals surface area contributed by atoms with Crippen molar-refractivity contribution in [2.75, 3.05) is 0 Å². The molecule has 7 heteroatoms. The van der Waals surface area contributed by atoms with E-state index in [4.69, 9.17) is 0 Å². The van der Waals surface area contributed by atoms with Gasteiger partial charge in [-0.05, 0) is 37.8 Å². The fourth-order valence-corrected chi connectivity index (χ4v) is 5.54. The van der Waals surface area contributed by atoms with Crippen LogP contribution in [-0.2, 0) is 10.0 Å².